The fourth-order valence-corrected chi connectivity index (χ4v) is 10.2. The molecule has 0 radical (unpaired) electrons. The van der Waals surface area contributed by atoms with Gasteiger partial charge in [0.05, 0.1) is 25.9 Å². The van der Waals surface area contributed by atoms with Crippen LogP contribution in [0.5, 0.6) is 0 Å². The van der Waals surface area contributed by atoms with E-state index in [-0.39, 0.29) is 18.8 Å². The summed E-state index contributed by atoms with van der Waals surface area (Å²) in [6.45, 7) is 3.17. The molecule has 0 spiro atoms. The highest BCUT2D eigenvalue weighted by Crippen LogP contribution is 2.37. The molecule has 0 aromatic rings. The Morgan fingerprint density at radius 2 is 1.19 bits per heavy atom. The predicted molar refractivity (Wildman–Crippen MR) is 250 cm³/mol. The number of carbonyl (C=O) groups is 4. The Morgan fingerprint density at radius 3 is 1.82 bits per heavy atom. The molecule has 0 aromatic heterocycles. The fraction of sp³-hybridized carbons (Fsp3) is 0.875. The number of fused-ring (bicyclic) bond motifs is 2. The Hall–Kier alpha value is -3.02. The van der Waals surface area contributed by atoms with Crippen LogP contribution in [0.25, 0.3) is 0 Å². The van der Waals surface area contributed by atoms with E-state index >= 15 is 0 Å². The number of rotatable bonds is 18. The lowest BCUT2D eigenvalue weighted by molar-refractivity contribution is -0.361. The normalized spacial score (nSPS) is 40.4. The number of hydrogen-bond acceptors (Lipinski definition) is 20. The van der Waals surface area contributed by atoms with E-state index < -0.39 is 166 Å². The summed E-state index contributed by atoms with van der Waals surface area (Å²) < 4.78 is 43.3. The SMILES string of the molecule is CCCCCCCC/C=C\C1CCCCCCC(=O)NC2C(OC(CO)C(O)C2O)OC2C(C1)OC(OC1C(CO)OC(OC3C(CO)OC(O)C(NC(C)=O)[C@H]3O)C(NC(C)=O)C1O)C(NC(C)=O)C2O. The molecule has 24 nitrogen and oxygen atoms in total. The lowest BCUT2D eigenvalue weighted by Crippen LogP contribution is -2.71. The van der Waals surface area contributed by atoms with Gasteiger partial charge in [-0.3, -0.25) is 19.2 Å². The number of ether oxygens (including phenoxy) is 7. The second kappa shape index (κ2) is 29.3. The molecule has 0 aliphatic carbocycles. The van der Waals surface area contributed by atoms with Crippen LogP contribution in [0.2, 0.25) is 0 Å². The summed E-state index contributed by atoms with van der Waals surface area (Å²) in [7, 11) is 0. The number of allylic oxidation sites excluding steroid dienone is 2. The molecule has 13 N–H and O–H groups in total. The van der Waals surface area contributed by atoms with Crippen molar-refractivity contribution < 1.29 is 98.3 Å². The minimum atomic E-state index is -1.85. The minimum Gasteiger partial charge on any atom is -0.394 e. The van der Waals surface area contributed by atoms with E-state index in [4.69, 9.17) is 33.2 Å². The lowest BCUT2D eigenvalue weighted by atomic mass is 9.87. The number of amides is 4. The quantitative estimate of drug-likeness (QED) is 0.0498. The molecule has 5 aliphatic heterocycles. The molecule has 20 unspecified atom stereocenters. The number of unbranched alkanes of at least 4 members (excludes halogenated alkanes) is 6. The van der Waals surface area contributed by atoms with Gasteiger partial charge in [-0.1, -0.05) is 70.4 Å². The Labute approximate surface area is 420 Å². The van der Waals surface area contributed by atoms with Gasteiger partial charge in [0.1, 0.15) is 91.3 Å². The monoisotopic (exact) mass is 1030 g/mol. The molecule has 4 amide bonds. The van der Waals surface area contributed by atoms with Crippen LogP contribution in [-0.2, 0) is 52.3 Å². The van der Waals surface area contributed by atoms with Crippen LogP contribution in [0.1, 0.15) is 118 Å². The molecular weight excluding hydrogens is 953 g/mol. The topological polar surface area (TPSA) is 363 Å². The van der Waals surface area contributed by atoms with Crippen molar-refractivity contribution in [1.82, 2.24) is 21.3 Å². The molecule has 24 heteroatoms. The maximum Gasteiger partial charge on any atom is 0.220 e. The maximum absolute atomic E-state index is 13.3. The number of aliphatic hydroxyl groups excluding tert-OH is 9. The lowest BCUT2D eigenvalue weighted by Gasteiger charge is -2.51. The third kappa shape index (κ3) is 16.2. The van der Waals surface area contributed by atoms with E-state index in [9.17, 15) is 65.1 Å². The summed E-state index contributed by atoms with van der Waals surface area (Å²) in [5.74, 6) is -2.66. The average Bonchev–Trinajstić information content (AvgIpc) is 3.33. The Balaban J connectivity index is 1.50. The van der Waals surface area contributed by atoms with Gasteiger partial charge in [-0.25, -0.2) is 0 Å². The summed E-state index contributed by atoms with van der Waals surface area (Å²) in [4.78, 5) is 50.9. The summed E-state index contributed by atoms with van der Waals surface area (Å²) >= 11 is 0. The second-order valence-electron chi connectivity index (χ2n) is 19.7. The molecule has 414 valence electrons. The molecule has 21 atom stereocenters. The summed E-state index contributed by atoms with van der Waals surface area (Å²) in [5, 5.41) is 110. The van der Waals surface area contributed by atoms with E-state index in [0.29, 0.717) is 12.8 Å². The second-order valence-corrected chi connectivity index (χ2v) is 19.7. The number of nitrogens with one attached hydrogen (secondary N) is 4. The summed E-state index contributed by atoms with van der Waals surface area (Å²) in [5.41, 5.74) is 0. The Bertz CT molecular complexity index is 1720. The molecule has 5 rings (SSSR count). The highest BCUT2D eigenvalue weighted by atomic mass is 16.8. The van der Waals surface area contributed by atoms with Gasteiger partial charge >= 0.3 is 0 Å². The molecule has 5 aliphatic rings. The molecule has 5 saturated heterocycles. The van der Waals surface area contributed by atoms with Gasteiger partial charge in [-0.05, 0) is 38.0 Å². The average molecular weight is 1040 g/mol. The first-order chi connectivity index (χ1) is 34.4. The largest absolute Gasteiger partial charge is 0.394 e. The molecular formula is C48H82N4O20. The van der Waals surface area contributed by atoms with E-state index in [1.54, 1.807) is 0 Å². The van der Waals surface area contributed by atoms with E-state index in [1.165, 1.54) is 19.8 Å². The van der Waals surface area contributed by atoms with Crippen LogP contribution in [-0.4, -0.2) is 212 Å². The Kier molecular flexibility index (Phi) is 24.4. The minimum absolute atomic E-state index is 0.100. The number of hydrogen-bond donors (Lipinski definition) is 13. The zero-order valence-corrected chi connectivity index (χ0v) is 41.8. The Morgan fingerprint density at radius 1 is 0.639 bits per heavy atom. The first kappa shape index (κ1) is 59.9. The summed E-state index contributed by atoms with van der Waals surface area (Å²) in [6, 6.07) is -5.93. The van der Waals surface area contributed by atoms with Gasteiger partial charge in [0.25, 0.3) is 0 Å². The van der Waals surface area contributed by atoms with Crippen molar-refractivity contribution in [2.75, 3.05) is 19.8 Å². The standard InChI is InChI=1S/C48H82N4O20/c1-5-6-7-8-9-10-11-14-17-27-18-15-12-13-16-19-32(59)52-34-38(61)37(60)29(21-53)68-46(34)70-42-28(20-27)67-47(35(40(42)63)50-25(3)57)72-44-31(23-55)69-48(36(41(44)64)51-26(4)58)71-43-30(22-54)66-45(65)33(39(43)62)49-24(2)56/h14,17,27-31,33-48,53-55,60-65H,5-13,15-16,18-23H2,1-4H3,(H,49,56)(H,50,57)(H,51,58)(H,52,59)/b17-14-/t27?,28?,29?,30?,31?,33?,34?,35?,36?,37?,38?,39-,40?,41?,42?,43?,44?,45?,46?,47?,48?/m1/s1. The third-order valence-corrected chi connectivity index (χ3v) is 14.0. The summed E-state index contributed by atoms with van der Waals surface area (Å²) in [6.07, 6.45) is -10.1. The van der Waals surface area contributed by atoms with Crippen molar-refractivity contribution in [3.05, 3.63) is 12.2 Å². The van der Waals surface area contributed by atoms with Crippen LogP contribution in [0.3, 0.4) is 0 Å². The molecule has 0 aromatic carbocycles. The fourth-order valence-electron chi connectivity index (χ4n) is 10.2. The van der Waals surface area contributed by atoms with Gasteiger partial charge < -0.3 is 100 Å². The van der Waals surface area contributed by atoms with Crippen molar-refractivity contribution in [3.8, 4) is 0 Å². The van der Waals surface area contributed by atoms with Crippen molar-refractivity contribution in [1.29, 1.82) is 0 Å². The molecule has 5 fully saturated rings. The molecule has 0 bridgehead atoms. The van der Waals surface area contributed by atoms with E-state index in [2.05, 4.69) is 40.3 Å². The van der Waals surface area contributed by atoms with Gasteiger partial charge in [0.2, 0.25) is 23.6 Å². The van der Waals surface area contributed by atoms with E-state index in [1.807, 2.05) is 0 Å². The van der Waals surface area contributed by atoms with Crippen molar-refractivity contribution in [2.24, 2.45) is 5.92 Å². The van der Waals surface area contributed by atoms with E-state index in [0.717, 1.165) is 65.2 Å². The number of aliphatic hydroxyl groups is 9. The van der Waals surface area contributed by atoms with Crippen LogP contribution >= 0.6 is 0 Å². The van der Waals surface area contributed by atoms with Crippen LogP contribution < -0.4 is 21.3 Å². The maximum atomic E-state index is 13.3. The third-order valence-electron chi connectivity index (χ3n) is 14.0. The molecule has 5 heterocycles. The van der Waals surface area contributed by atoms with Crippen LogP contribution in [0, 0.1) is 5.92 Å². The van der Waals surface area contributed by atoms with Crippen LogP contribution in [0.4, 0.5) is 0 Å². The highest BCUT2D eigenvalue weighted by molar-refractivity contribution is 5.76. The smallest absolute Gasteiger partial charge is 0.220 e. The van der Waals surface area contributed by atoms with Gasteiger partial charge in [0.15, 0.2) is 25.2 Å². The van der Waals surface area contributed by atoms with Gasteiger partial charge in [-0.15, -0.1) is 0 Å². The van der Waals surface area contributed by atoms with Crippen molar-refractivity contribution in [3.63, 3.8) is 0 Å². The number of carbonyl (C=O) groups excluding carboxylic acids is 4. The van der Waals surface area contributed by atoms with Crippen LogP contribution in [0.15, 0.2) is 12.2 Å². The van der Waals surface area contributed by atoms with Gasteiger partial charge in [-0.2, -0.15) is 0 Å². The zero-order valence-electron chi connectivity index (χ0n) is 41.8. The zero-order chi connectivity index (χ0) is 52.6. The molecule has 0 saturated carbocycles. The van der Waals surface area contributed by atoms with Crippen molar-refractivity contribution >= 4 is 23.6 Å². The van der Waals surface area contributed by atoms with Gasteiger partial charge in [0, 0.05) is 27.2 Å². The first-order valence-corrected chi connectivity index (χ1v) is 25.7. The highest BCUT2D eigenvalue weighted by Gasteiger charge is 2.56. The predicted octanol–water partition coefficient (Wildman–Crippen LogP) is -2.52. The van der Waals surface area contributed by atoms with Crippen molar-refractivity contribution in [2.45, 2.75) is 240 Å². The first-order valence-electron chi connectivity index (χ1n) is 25.7. The molecule has 72 heavy (non-hydrogen) atoms.